The zero-order valence-electron chi connectivity index (χ0n) is 16.3. The van der Waals surface area contributed by atoms with E-state index in [4.69, 9.17) is 4.52 Å². The van der Waals surface area contributed by atoms with Gasteiger partial charge >= 0.3 is 0 Å². The SMILES string of the molecule is Cc1ccccc1-c1nc(CC(=O)N2CCN(C(=O)C(C)C)[C@H](C)C2)no1. The molecule has 1 aliphatic rings. The van der Waals surface area contributed by atoms with Crippen molar-refractivity contribution in [3.8, 4) is 11.5 Å². The van der Waals surface area contributed by atoms with Crippen LogP contribution >= 0.6 is 0 Å². The Morgan fingerprint density at radius 2 is 2.00 bits per heavy atom. The van der Waals surface area contributed by atoms with E-state index in [-0.39, 0.29) is 30.2 Å². The molecule has 1 aromatic carbocycles. The highest BCUT2D eigenvalue weighted by Crippen LogP contribution is 2.21. The van der Waals surface area contributed by atoms with Gasteiger partial charge in [-0.2, -0.15) is 4.98 Å². The third-order valence-corrected chi connectivity index (χ3v) is 4.91. The molecule has 0 bridgehead atoms. The van der Waals surface area contributed by atoms with E-state index in [0.717, 1.165) is 11.1 Å². The smallest absolute Gasteiger partial charge is 0.258 e. The van der Waals surface area contributed by atoms with Gasteiger partial charge in [0.25, 0.3) is 5.89 Å². The fourth-order valence-corrected chi connectivity index (χ4v) is 3.34. The van der Waals surface area contributed by atoms with Crippen molar-refractivity contribution in [3.05, 3.63) is 35.7 Å². The second kappa shape index (κ2) is 7.90. The quantitative estimate of drug-likeness (QED) is 0.825. The van der Waals surface area contributed by atoms with E-state index in [2.05, 4.69) is 10.1 Å². The molecule has 27 heavy (non-hydrogen) atoms. The van der Waals surface area contributed by atoms with E-state index in [1.165, 1.54) is 0 Å². The van der Waals surface area contributed by atoms with Crippen LogP contribution in [-0.4, -0.2) is 57.4 Å². The first kappa shape index (κ1) is 19.1. The third kappa shape index (κ3) is 4.18. The Balaban J connectivity index is 1.62. The molecule has 0 saturated carbocycles. The molecular weight excluding hydrogens is 344 g/mol. The highest BCUT2D eigenvalue weighted by atomic mass is 16.5. The number of hydrogen-bond acceptors (Lipinski definition) is 5. The van der Waals surface area contributed by atoms with Crippen molar-refractivity contribution in [1.29, 1.82) is 0 Å². The number of amides is 2. The lowest BCUT2D eigenvalue weighted by atomic mass is 10.1. The molecule has 0 aliphatic carbocycles. The molecule has 7 heteroatoms. The maximum absolute atomic E-state index is 12.6. The van der Waals surface area contributed by atoms with Crippen LogP contribution in [0.3, 0.4) is 0 Å². The summed E-state index contributed by atoms with van der Waals surface area (Å²) in [6, 6.07) is 7.76. The van der Waals surface area contributed by atoms with Crippen LogP contribution in [0.25, 0.3) is 11.5 Å². The Morgan fingerprint density at radius 3 is 2.67 bits per heavy atom. The Bertz CT molecular complexity index is 830. The monoisotopic (exact) mass is 370 g/mol. The maximum atomic E-state index is 12.6. The van der Waals surface area contributed by atoms with Gasteiger partial charge < -0.3 is 14.3 Å². The molecule has 144 valence electrons. The molecule has 0 N–H and O–H groups in total. The minimum absolute atomic E-state index is 0.00500. The van der Waals surface area contributed by atoms with E-state index in [9.17, 15) is 9.59 Å². The first-order valence-electron chi connectivity index (χ1n) is 9.33. The molecule has 3 rings (SSSR count). The van der Waals surface area contributed by atoms with Gasteiger partial charge in [0.1, 0.15) is 0 Å². The predicted octanol–water partition coefficient (Wildman–Crippen LogP) is 2.30. The van der Waals surface area contributed by atoms with Crippen LogP contribution in [0.2, 0.25) is 0 Å². The van der Waals surface area contributed by atoms with Gasteiger partial charge in [-0.15, -0.1) is 0 Å². The van der Waals surface area contributed by atoms with Crippen molar-refractivity contribution in [2.75, 3.05) is 19.6 Å². The summed E-state index contributed by atoms with van der Waals surface area (Å²) in [7, 11) is 0. The van der Waals surface area contributed by atoms with Crippen LogP contribution in [0.1, 0.15) is 32.2 Å². The molecular formula is C20H26N4O3. The second-order valence-electron chi connectivity index (χ2n) is 7.38. The molecule has 1 fully saturated rings. The average Bonchev–Trinajstić information content (AvgIpc) is 3.09. The van der Waals surface area contributed by atoms with Gasteiger partial charge in [0.05, 0.1) is 6.42 Å². The zero-order valence-corrected chi connectivity index (χ0v) is 16.3. The van der Waals surface area contributed by atoms with Crippen molar-refractivity contribution in [2.24, 2.45) is 5.92 Å². The standard InChI is InChI=1S/C20H26N4O3/c1-13(2)20(26)24-10-9-23(12-15(24)4)18(25)11-17-21-19(27-22-17)16-8-6-5-7-14(16)3/h5-8,13,15H,9-12H2,1-4H3/t15-/m1/s1. The van der Waals surface area contributed by atoms with Gasteiger partial charge in [-0.25, -0.2) is 0 Å². The minimum atomic E-state index is -0.0457. The highest BCUT2D eigenvalue weighted by Gasteiger charge is 2.31. The van der Waals surface area contributed by atoms with Gasteiger partial charge in [0.15, 0.2) is 5.82 Å². The average molecular weight is 370 g/mol. The Labute approximate surface area is 159 Å². The molecule has 1 aliphatic heterocycles. The number of hydrogen-bond donors (Lipinski definition) is 0. The summed E-state index contributed by atoms with van der Waals surface area (Å²) in [5.41, 5.74) is 1.91. The molecule has 2 heterocycles. The maximum Gasteiger partial charge on any atom is 0.258 e. The molecule has 0 spiro atoms. The number of carbonyl (C=O) groups is 2. The van der Waals surface area contributed by atoms with Crippen LogP contribution in [0.15, 0.2) is 28.8 Å². The largest absolute Gasteiger partial charge is 0.338 e. The molecule has 0 radical (unpaired) electrons. The molecule has 2 aromatic rings. The number of benzene rings is 1. The van der Waals surface area contributed by atoms with Gasteiger partial charge in [-0.1, -0.05) is 37.2 Å². The van der Waals surface area contributed by atoms with E-state index < -0.39 is 0 Å². The number of piperazine rings is 1. The Hall–Kier alpha value is -2.70. The molecule has 1 aromatic heterocycles. The highest BCUT2D eigenvalue weighted by molar-refractivity contribution is 5.80. The fourth-order valence-electron chi connectivity index (χ4n) is 3.34. The van der Waals surface area contributed by atoms with Crippen LogP contribution in [0, 0.1) is 12.8 Å². The first-order chi connectivity index (χ1) is 12.9. The summed E-state index contributed by atoms with van der Waals surface area (Å²) in [5.74, 6) is 0.864. The van der Waals surface area contributed by atoms with Crippen LogP contribution < -0.4 is 0 Å². The molecule has 1 saturated heterocycles. The van der Waals surface area contributed by atoms with Crippen LogP contribution in [-0.2, 0) is 16.0 Å². The summed E-state index contributed by atoms with van der Waals surface area (Å²) in [5, 5.41) is 3.96. The Kier molecular flexibility index (Phi) is 5.58. The zero-order chi connectivity index (χ0) is 19.6. The topological polar surface area (TPSA) is 79.5 Å². The van der Waals surface area contributed by atoms with Crippen molar-refractivity contribution < 1.29 is 14.1 Å². The fraction of sp³-hybridized carbons (Fsp3) is 0.500. The van der Waals surface area contributed by atoms with Gasteiger partial charge in [0.2, 0.25) is 11.8 Å². The number of nitrogens with zero attached hydrogens (tertiary/aromatic N) is 4. The number of aromatic nitrogens is 2. The third-order valence-electron chi connectivity index (χ3n) is 4.91. The summed E-state index contributed by atoms with van der Waals surface area (Å²) in [6.07, 6.45) is 0.0974. The van der Waals surface area contributed by atoms with Crippen molar-refractivity contribution >= 4 is 11.8 Å². The first-order valence-corrected chi connectivity index (χ1v) is 9.33. The minimum Gasteiger partial charge on any atom is -0.338 e. The van der Waals surface area contributed by atoms with E-state index in [1.807, 2.05) is 56.9 Å². The summed E-state index contributed by atoms with van der Waals surface area (Å²) in [6.45, 7) is 9.37. The summed E-state index contributed by atoms with van der Waals surface area (Å²) >= 11 is 0. The van der Waals surface area contributed by atoms with Crippen molar-refractivity contribution in [1.82, 2.24) is 19.9 Å². The lowest BCUT2D eigenvalue weighted by Crippen LogP contribution is -2.56. The lowest BCUT2D eigenvalue weighted by Gasteiger charge is -2.40. The lowest BCUT2D eigenvalue weighted by molar-refractivity contribution is -0.144. The molecule has 1 atom stereocenters. The number of aryl methyl sites for hydroxylation is 1. The van der Waals surface area contributed by atoms with Crippen molar-refractivity contribution in [3.63, 3.8) is 0 Å². The van der Waals surface area contributed by atoms with E-state index >= 15 is 0 Å². The van der Waals surface area contributed by atoms with Gasteiger partial charge in [-0.05, 0) is 25.5 Å². The van der Waals surface area contributed by atoms with Crippen LogP contribution in [0.5, 0.6) is 0 Å². The number of rotatable bonds is 4. The van der Waals surface area contributed by atoms with Crippen LogP contribution in [0.4, 0.5) is 0 Å². The predicted molar refractivity (Wildman–Crippen MR) is 101 cm³/mol. The molecule has 7 nitrogen and oxygen atoms in total. The van der Waals surface area contributed by atoms with Crippen molar-refractivity contribution in [2.45, 2.75) is 40.2 Å². The Morgan fingerprint density at radius 1 is 1.26 bits per heavy atom. The van der Waals surface area contributed by atoms with E-state index in [0.29, 0.717) is 31.3 Å². The van der Waals surface area contributed by atoms with Gasteiger partial charge in [0, 0.05) is 37.2 Å². The molecule has 2 amide bonds. The second-order valence-corrected chi connectivity index (χ2v) is 7.38. The summed E-state index contributed by atoms with van der Waals surface area (Å²) in [4.78, 5) is 32.9. The van der Waals surface area contributed by atoms with Gasteiger partial charge in [-0.3, -0.25) is 9.59 Å². The summed E-state index contributed by atoms with van der Waals surface area (Å²) < 4.78 is 5.33. The van der Waals surface area contributed by atoms with E-state index in [1.54, 1.807) is 4.90 Å². The number of carbonyl (C=O) groups excluding carboxylic acids is 2. The normalized spacial score (nSPS) is 17.4. The molecule has 0 unspecified atom stereocenters.